The van der Waals surface area contributed by atoms with Crippen LogP contribution in [0.5, 0.6) is 5.75 Å². The fourth-order valence-electron chi connectivity index (χ4n) is 3.88. The van der Waals surface area contributed by atoms with Crippen molar-refractivity contribution in [3.63, 3.8) is 0 Å². The number of halogens is 1. The number of ether oxygens (including phenoxy) is 1. The lowest BCUT2D eigenvalue weighted by molar-refractivity contribution is 0.409. The SMILES string of the molecule is CCc1c(-c2ccc(Cl)c(S(=O)NCCc3ccccc3OC)c2)[nH]c2ccccc12. The van der Waals surface area contributed by atoms with E-state index in [0.717, 1.165) is 34.5 Å². The minimum absolute atomic E-state index is 0.487. The topological polar surface area (TPSA) is 54.1 Å². The van der Waals surface area contributed by atoms with Crippen LogP contribution in [-0.4, -0.2) is 22.8 Å². The first kappa shape index (κ1) is 21.6. The van der Waals surface area contributed by atoms with Gasteiger partial charge >= 0.3 is 0 Å². The number of H-pyrrole nitrogens is 1. The molecule has 31 heavy (non-hydrogen) atoms. The van der Waals surface area contributed by atoms with E-state index in [4.69, 9.17) is 16.3 Å². The number of fused-ring (bicyclic) bond motifs is 1. The number of para-hydroxylation sites is 2. The maximum absolute atomic E-state index is 13.0. The van der Waals surface area contributed by atoms with E-state index in [2.05, 4.69) is 28.8 Å². The molecule has 0 amide bonds. The van der Waals surface area contributed by atoms with Gasteiger partial charge in [0.1, 0.15) is 16.7 Å². The van der Waals surface area contributed by atoms with Crippen molar-refractivity contribution in [2.75, 3.05) is 13.7 Å². The second-order valence-corrected chi connectivity index (χ2v) is 8.92. The quantitative estimate of drug-likeness (QED) is 0.349. The molecular weight excluding hydrogens is 428 g/mol. The molecule has 0 aliphatic rings. The van der Waals surface area contributed by atoms with E-state index < -0.39 is 11.0 Å². The molecule has 0 aliphatic carbocycles. The second kappa shape index (κ2) is 9.69. The maximum atomic E-state index is 13.0. The van der Waals surface area contributed by atoms with Gasteiger partial charge in [-0.15, -0.1) is 0 Å². The minimum Gasteiger partial charge on any atom is -0.496 e. The first-order valence-electron chi connectivity index (χ1n) is 10.3. The highest BCUT2D eigenvalue weighted by Gasteiger charge is 2.15. The van der Waals surface area contributed by atoms with Gasteiger partial charge in [0.15, 0.2) is 0 Å². The normalized spacial score (nSPS) is 12.2. The molecule has 1 aromatic heterocycles. The van der Waals surface area contributed by atoms with Crippen molar-refractivity contribution in [1.82, 2.24) is 9.71 Å². The molecule has 4 rings (SSSR count). The summed E-state index contributed by atoms with van der Waals surface area (Å²) in [5.74, 6) is 0.834. The van der Waals surface area contributed by atoms with Gasteiger partial charge < -0.3 is 9.72 Å². The van der Waals surface area contributed by atoms with Crippen molar-refractivity contribution in [2.24, 2.45) is 0 Å². The molecule has 0 saturated heterocycles. The maximum Gasteiger partial charge on any atom is 0.126 e. The number of rotatable bonds is 8. The van der Waals surface area contributed by atoms with Crippen LogP contribution in [0.4, 0.5) is 0 Å². The smallest absolute Gasteiger partial charge is 0.126 e. The molecule has 6 heteroatoms. The summed E-state index contributed by atoms with van der Waals surface area (Å²) < 4.78 is 21.5. The van der Waals surface area contributed by atoms with Gasteiger partial charge in [-0.25, -0.2) is 8.93 Å². The van der Waals surface area contributed by atoms with Crippen LogP contribution >= 0.6 is 11.6 Å². The zero-order chi connectivity index (χ0) is 21.8. The molecule has 2 N–H and O–H groups in total. The van der Waals surface area contributed by atoms with E-state index in [9.17, 15) is 4.21 Å². The lowest BCUT2D eigenvalue weighted by atomic mass is 10.0. The molecule has 3 aromatic carbocycles. The molecule has 0 spiro atoms. The molecule has 4 nitrogen and oxygen atoms in total. The molecule has 1 atom stereocenters. The summed E-state index contributed by atoms with van der Waals surface area (Å²) in [6, 6.07) is 21.8. The van der Waals surface area contributed by atoms with Crippen molar-refractivity contribution in [3.8, 4) is 17.0 Å². The Hall–Kier alpha value is -2.60. The van der Waals surface area contributed by atoms with Crippen molar-refractivity contribution < 1.29 is 8.95 Å². The molecule has 1 unspecified atom stereocenters. The van der Waals surface area contributed by atoms with E-state index >= 15 is 0 Å². The van der Waals surface area contributed by atoms with Gasteiger partial charge in [-0.2, -0.15) is 0 Å². The first-order chi connectivity index (χ1) is 15.1. The highest BCUT2D eigenvalue weighted by molar-refractivity contribution is 7.83. The fourth-order valence-corrected chi connectivity index (χ4v) is 5.13. The van der Waals surface area contributed by atoms with Gasteiger partial charge in [-0.3, -0.25) is 0 Å². The third-order valence-electron chi connectivity index (χ3n) is 5.41. The Kier molecular flexibility index (Phi) is 6.76. The molecule has 0 aliphatic heterocycles. The van der Waals surface area contributed by atoms with Crippen LogP contribution in [0, 0.1) is 0 Å². The fraction of sp³-hybridized carbons (Fsp3) is 0.200. The van der Waals surface area contributed by atoms with Crippen LogP contribution in [0.3, 0.4) is 0 Å². The van der Waals surface area contributed by atoms with Crippen molar-refractivity contribution in [3.05, 3.63) is 82.9 Å². The molecular formula is C25H25ClN2O2S. The van der Waals surface area contributed by atoms with Crippen LogP contribution in [0.25, 0.3) is 22.2 Å². The molecule has 0 radical (unpaired) electrons. The van der Waals surface area contributed by atoms with Crippen molar-refractivity contribution in [1.29, 1.82) is 0 Å². The van der Waals surface area contributed by atoms with Gasteiger partial charge in [-0.1, -0.05) is 61.0 Å². The van der Waals surface area contributed by atoms with Crippen LogP contribution in [0.15, 0.2) is 71.6 Å². The largest absolute Gasteiger partial charge is 0.496 e. The number of benzene rings is 3. The predicted octanol–water partition coefficient (Wildman–Crippen LogP) is 5.91. The third kappa shape index (κ3) is 4.54. The lowest BCUT2D eigenvalue weighted by Gasteiger charge is -2.11. The van der Waals surface area contributed by atoms with Gasteiger partial charge in [0.2, 0.25) is 0 Å². The molecule has 0 saturated carbocycles. The number of aromatic nitrogens is 1. The number of aromatic amines is 1. The summed E-state index contributed by atoms with van der Waals surface area (Å²) in [5.41, 5.74) is 5.45. The van der Waals surface area contributed by atoms with E-state index in [1.165, 1.54) is 10.9 Å². The Morgan fingerprint density at radius 2 is 1.84 bits per heavy atom. The number of aryl methyl sites for hydroxylation is 1. The van der Waals surface area contributed by atoms with Crippen LogP contribution in [-0.2, 0) is 23.8 Å². The van der Waals surface area contributed by atoms with Gasteiger partial charge in [0.25, 0.3) is 0 Å². The summed E-state index contributed by atoms with van der Waals surface area (Å²) in [7, 11) is 0.233. The molecule has 160 valence electrons. The summed E-state index contributed by atoms with van der Waals surface area (Å²) in [6.07, 6.45) is 1.60. The van der Waals surface area contributed by atoms with Gasteiger partial charge in [0.05, 0.1) is 17.0 Å². The van der Waals surface area contributed by atoms with Gasteiger partial charge in [0, 0.05) is 23.1 Å². The number of methoxy groups -OCH3 is 1. The van der Waals surface area contributed by atoms with E-state index in [0.29, 0.717) is 22.9 Å². The van der Waals surface area contributed by atoms with E-state index in [-0.39, 0.29) is 0 Å². The van der Waals surface area contributed by atoms with Gasteiger partial charge in [-0.05, 0) is 53.8 Å². The Balaban J connectivity index is 1.56. The van der Waals surface area contributed by atoms with Crippen LogP contribution in [0.2, 0.25) is 5.02 Å². The van der Waals surface area contributed by atoms with E-state index in [1.807, 2.05) is 54.6 Å². The van der Waals surface area contributed by atoms with Crippen molar-refractivity contribution >= 4 is 33.5 Å². The number of hydrogen-bond acceptors (Lipinski definition) is 2. The summed E-state index contributed by atoms with van der Waals surface area (Å²) >= 11 is 6.41. The van der Waals surface area contributed by atoms with E-state index in [1.54, 1.807) is 7.11 Å². The Labute approximate surface area is 190 Å². The molecule has 1 heterocycles. The average molecular weight is 453 g/mol. The summed E-state index contributed by atoms with van der Waals surface area (Å²) in [6.45, 7) is 2.69. The monoisotopic (exact) mass is 452 g/mol. The van der Waals surface area contributed by atoms with Crippen LogP contribution < -0.4 is 9.46 Å². The Morgan fingerprint density at radius 3 is 2.65 bits per heavy atom. The van der Waals surface area contributed by atoms with Crippen LogP contribution in [0.1, 0.15) is 18.1 Å². The zero-order valence-electron chi connectivity index (χ0n) is 17.6. The lowest BCUT2D eigenvalue weighted by Crippen LogP contribution is -2.20. The Morgan fingerprint density at radius 1 is 1.06 bits per heavy atom. The number of nitrogens with one attached hydrogen (secondary N) is 2. The standard InChI is InChI=1S/C25H25ClN2O2S/c1-3-19-20-9-5-6-10-22(20)28-25(19)18-12-13-21(26)24(16-18)31(29)27-15-14-17-8-4-7-11-23(17)30-2/h4-13,16,27-28H,3,14-15H2,1-2H3. The summed E-state index contributed by atoms with van der Waals surface area (Å²) in [4.78, 5) is 4.10. The van der Waals surface area contributed by atoms with Crippen molar-refractivity contribution in [2.45, 2.75) is 24.7 Å². The minimum atomic E-state index is -1.42. The Bertz CT molecular complexity index is 1240. The molecule has 0 fully saturated rings. The third-order valence-corrected chi connectivity index (χ3v) is 7.05. The number of hydrogen-bond donors (Lipinski definition) is 2. The summed E-state index contributed by atoms with van der Waals surface area (Å²) in [5, 5.41) is 1.70. The second-order valence-electron chi connectivity index (χ2n) is 7.25. The molecule has 4 aromatic rings. The zero-order valence-corrected chi connectivity index (χ0v) is 19.1. The molecule has 0 bridgehead atoms. The average Bonchev–Trinajstić information content (AvgIpc) is 3.18. The highest BCUT2D eigenvalue weighted by Crippen LogP contribution is 2.33. The highest BCUT2D eigenvalue weighted by atomic mass is 35.5. The first-order valence-corrected chi connectivity index (χ1v) is 11.8. The predicted molar refractivity (Wildman–Crippen MR) is 129 cm³/mol.